The molecule has 2 rings (SSSR count). The fourth-order valence-corrected chi connectivity index (χ4v) is 2.91. The number of nitrogens with two attached hydrogens (primary N) is 1. The summed E-state index contributed by atoms with van der Waals surface area (Å²) >= 11 is 7.52. The van der Waals surface area contributed by atoms with Crippen molar-refractivity contribution in [3.05, 3.63) is 32.7 Å². The molecule has 0 aliphatic rings. The largest absolute Gasteiger partial charge is 0.369 e. The summed E-state index contributed by atoms with van der Waals surface area (Å²) in [6, 6.07) is 3.97. The Labute approximate surface area is 127 Å². The molecule has 2 heterocycles. The Kier molecular flexibility index (Phi) is 5.17. The minimum Gasteiger partial charge on any atom is -0.369 e. The zero-order valence-electron chi connectivity index (χ0n) is 11.5. The van der Waals surface area contributed by atoms with Crippen molar-refractivity contribution < 1.29 is 0 Å². The van der Waals surface area contributed by atoms with Gasteiger partial charge in [0.15, 0.2) is 0 Å². The summed E-state index contributed by atoms with van der Waals surface area (Å²) < 4.78 is 0.820. The van der Waals surface area contributed by atoms with E-state index in [1.165, 1.54) is 4.88 Å². The van der Waals surface area contributed by atoms with E-state index in [4.69, 9.17) is 17.4 Å². The lowest BCUT2D eigenvalue weighted by Gasteiger charge is -2.12. The van der Waals surface area contributed by atoms with Crippen LogP contribution in [0.15, 0.2) is 12.1 Å². The Balaban J connectivity index is 2.04. The molecule has 108 valence electrons. The van der Waals surface area contributed by atoms with Gasteiger partial charge in [0.25, 0.3) is 0 Å². The number of rotatable bonds is 6. The van der Waals surface area contributed by atoms with Gasteiger partial charge in [0, 0.05) is 23.4 Å². The lowest BCUT2D eigenvalue weighted by Crippen LogP contribution is -2.15. The Morgan fingerprint density at radius 2 is 2.05 bits per heavy atom. The van der Waals surface area contributed by atoms with Gasteiger partial charge in [-0.2, -0.15) is 0 Å². The monoisotopic (exact) mass is 311 g/mol. The molecule has 7 heteroatoms. The maximum atomic E-state index is 5.92. The molecule has 0 aliphatic heterocycles. The first-order valence-electron chi connectivity index (χ1n) is 6.46. The second-order valence-corrected chi connectivity index (χ2v) is 6.14. The summed E-state index contributed by atoms with van der Waals surface area (Å²) in [5.74, 6) is 7.74. The van der Waals surface area contributed by atoms with Crippen LogP contribution in [0.25, 0.3) is 0 Å². The normalized spacial score (nSPS) is 10.6. The zero-order chi connectivity index (χ0) is 14.5. The number of aryl methyl sites for hydroxylation is 1. The molecule has 0 spiro atoms. The molecule has 0 bridgehead atoms. The standard InChI is InChI=1S/C13H18ClN5S/c1-3-11-17-12(8(2)13(18-11)19-15)16-7-6-9-4-5-10(14)20-9/h4-5H,3,6-7,15H2,1-2H3,(H2,16,17,18,19). The quantitative estimate of drug-likeness (QED) is 0.565. The van der Waals surface area contributed by atoms with Crippen LogP contribution in [0.4, 0.5) is 11.6 Å². The molecular formula is C13H18ClN5S. The average molecular weight is 312 g/mol. The number of nitrogens with one attached hydrogen (secondary N) is 2. The smallest absolute Gasteiger partial charge is 0.148 e. The second-order valence-electron chi connectivity index (χ2n) is 4.34. The van der Waals surface area contributed by atoms with E-state index in [-0.39, 0.29) is 0 Å². The number of halogens is 1. The van der Waals surface area contributed by atoms with Crippen LogP contribution in [0.5, 0.6) is 0 Å². The highest BCUT2D eigenvalue weighted by Gasteiger charge is 2.09. The summed E-state index contributed by atoms with van der Waals surface area (Å²) in [7, 11) is 0. The van der Waals surface area contributed by atoms with Crippen LogP contribution in [-0.4, -0.2) is 16.5 Å². The Morgan fingerprint density at radius 3 is 2.65 bits per heavy atom. The predicted molar refractivity (Wildman–Crippen MR) is 85.5 cm³/mol. The van der Waals surface area contributed by atoms with E-state index >= 15 is 0 Å². The van der Waals surface area contributed by atoms with Gasteiger partial charge < -0.3 is 10.7 Å². The van der Waals surface area contributed by atoms with Crippen LogP contribution in [-0.2, 0) is 12.8 Å². The van der Waals surface area contributed by atoms with Crippen molar-refractivity contribution >= 4 is 34.6 Å². The minimum atomic E-state index is 0.665. The van der Waals surface area contributed by atoms with Crippen molar-refractivity contribution in [1.82, 2.24) is 9.97 Å². The molecule has 2 aromatic heterocycles. The van der Waals surface area contributed by atoms with E-state index in [2.05, 4.69) is 20.7 Å². The summed E-state index contributed by atoms with van der Waals surface area (Å²) in [4.78, 5) is 10.1. The van der Waals surface area contributed by atoms with Crippen molar-refractivity contribution in [2.24, 2.45) is 5.84 Å². The van der Waals surface area contributed by atoms with Crippen LogP contribution in [0.2, 0.25) is 4.34 Å². The number of nitrogens with zero attached hydrogens (tertiary/aromatic N) is 2. The van der Waals surface area contributed by atoms with Crippen LogP contribution >= 0.6 is 22.9 Å². The molecule has 5 nitrogen and oxygen atoms in total. The minimum absolute atomic E-state index is 0.665. The van der Waals surface area contributed by atoms with Crippen LogP contribution in [0, 0.1) is 6.92 Å². The molecular weight excluding hydrogens is 294 g/mol. The zero-order valence-corrected chi connectivity index (χ0v) is 13.1. The molecule has 20 heavy (non-hydrogen) atoms. The molecule has 0 amide bonds. The van der Waals surface area contributed by atoms with Gasteiger partial charge in [-0.15, -0.1) is 11.3 Å². The fraction of sp³-hybridized carbons (Fsp3) is 0.385. The Morgan fingerprint density at radius 1 is 1.30 bits per heavy atom. The van der Waals surface area contributed by atoms with E-state index in [0.717, 1.165) is 40.9 Å². The summed E-state index contributed by atoms with van der Waals surface area (Å²) in [5.41, 5.74) is 3.54. The van der Waals surface area contributed by atoms with Crippen molar-refractivity contribution in [3.63, 3.8) is 0 Å². The number of anilines is 2. The van der Waals surface area contributed by atoms with E-state index in [9.17, 15) is 0 Å². The fourth-order valence-electron chi connectivity index (χ4n) is 1.82. The highest BCUT2D eigenvalue weighted by molar-refractivity contribution is 7.16. The van der Waals surface area contributed by atoms with E-state index < -0.39 is 0 Å². The second kappa shape index (κ2) is 6.88. The van der Waals surface area contributed by atoms with Gasteiger partial charge in [0.2, 0.25) is 0 Å². The van der Waals surface area contributed by atoms with Crippen molar-refractivity contribution in [2.45, 2.75) is 26.7 Å². The molecule has 2 aromatic rings. The highest BCUT2D eigenvalue weighted by Crippen LogP contribution is 2.23. The highest BCUT2D eigenvalue weighted by atomic mass is 35.5. The van der Waals surface area contributed by atoms with Crippen LogP contribution in [0.1, 0.15) is 23.2 Å². The predicted octanol–water partition coefficient (Wildman–Crippen LogP) is 3.00. The Hall–Kier alpha value is -1.37. The summed E-state index contributed by atoms with van der Waals surface area (Å²) in [5, 5.41) is 3.34. The SMILES string of the molecule is CCc1nc(NN)c(C)c(NCCc2ccc(Cl)s2)n1. The number of aromatic nitrogens is 2. The lowest BCUT2D eigenvalue weighted by molar-refractivity contribution is 0.916. The molecule has 0 aliphatic carbocycles. The third kappa shape index (κ3) is 3.59. The number of hydrazine groups is 1. The van der Waals surface area contributed by atoms with Gasteiger partial charge in [0.05, 0.1) is 4.34 Å². The number of thiophene rings is 1. The van der Waals surface area contributed by atoms with Gasteiger partial charge in [-0.1, -0.05) is 18.5 Å². The molecule has 4 N–H and O–H groups in total. The maximum absolute atomic E-state index is 5.92. The van der Waals surface area contributed by atoms with E-state index in [1.807, 2.05) is 26.0 Å². The lowest BCUT2D eigenvalue weighted by atomic mass is 10.2. The van der Waals surface area contributed by atoms with E-state index in [0.29, 0.717) is 5.82 Å². The first-order chi connectivity index (χ1) is 9.63. The topological polar surface area (TPSA) is 75.9 Å². The molecule has 0 saturated heterocycles. The first kappa shape index (κ1) is 15.0. The maximum Gasteiger partial charge on any atom is 0.148 e. The average Bonchev–Trinajstić information content (AvgIpc) is 2.86. The van der Waals surface area contributed by atoms with Gasteiger partial charge >= 0.3 is 0 Å². The van der Waals surface area contributed by atoms with Crippen molar-refractivity contribution in [2.75, 3.05) is 17.3 Å². The molecule has 0 atom stereocenters. The first-order valence-corrected chi connectivity index (χ1v) is 7.65. The number of hydrogen-bond donors (Lipinski definition) is 3. The Bertz CT molecular complexity index is 584. The van der Waals surface area contributed by atoms with Crippen LogP contribution in [0.3, 0.4) is 0 Å². The summed E-state index contributed by atoms with van der Waals surface area (Å²) in [6.07, 6.45) is 1.68. The van der Waals surface area contributed by atoms with Gasteiger partial charge in [-0.05, 0) is 25.5 Å². The molecule has 0 fully saturated rings. The van der Waals surface area contributed by atoms with Crippen molar-refractivity contribution in [3.8, 4) is 0 Å². The van der Waals surface area contributed by atoms with Gasteiger partial charge in [0.1, 0.15) is 17.5 Å². The van der Waals surface area contributed by atoms with Gasteiger partial charge in [-0.25, -0.2) is 15.8 Å². The number of hydrogen-bond acceptors (Lipinski definition) is 6. The molecule has 0 saturated carbocycles. The van der Waals surface area contributed by atoms with Crippen molar-refractivity contribution in [1.29, 1.82) is 0 Å². The molecule has 0 radical (unpaired) electrons. The van der Waals surface area contributed by atoms with E-state index in [1.54, 1.807) is 11.3 Å². The molecule has 0 aromatic carbocycles. The third-order valence-corrected chi connectivity index (χ3v) is 4.23. The molecule has 0 unspecified atom stereocenters. The van der Waals surface area contributed by atoms with Crippen LogP contribution < -0.4 is 16.6 Å². The number of nitrogen functional groups attached to an aromatic ring is 1. The summed E-state index contributed by atoms with van der Waals surface area (Å²) in [6.45, 7) is 4.75. The third-order valence-electron chi connectivity index (χ3n) is 2.94. The van der Waals surface area contributed by atoms with Gasteiger partial charge in [-0.3, -0.25) is 0 Å².